The van der Waals surface area contributed by atoms with Gasteiger partial charge in [-0.25, -0.2) is 0 Å². The van der Waals surface area contributed by atoms with Gasteiger partial charge in [-0.05, 0) is 77.9 Å². The molecule has 0 spiro atoms. The van der Waals surface area contributed by atoms with Gasteiger partial charge in [-0.2, -0.15) is 13.2 Å². The van der Waals surface area contributed by atoms with Crippen molar-refractivity contribution in [2.45, 2.75) is 20.0 Å². The highest BCUT2D eigenvalue weighted by Crippen LogP contribution is 2.45. The van der Waals surface area contributed by atoms with Crippen LogP contribution in [0.1, 0.15) is 27.0 Å². The molecule has 0 fully saturated rings. The lowest BCUT2D eigenvalue weighted by atomic mass is 9.95. The Morgan fingerprint density at radius 1 is 0.774 bits per heavy atom. The van der Waals surface area contributed by atoms with Gasteiger partial charge >= 0.3 is 6.18 Å². The lowest BCUT2D eigenvalue weighted by molar-refractivity contribution is -0.137. The number of amides is 1. The summed E-state index contributed by atoms with van der Waals surface area (Å²) in [6.07, 6.45) is -4.38. The van der Waals surface area contributed by atoms with Crippen molar-refractivity contribution in [1.82, 2.24) is 0 Å². The molecular weight excluding hydrogens is 399 g/mol. The smallest absolute Gasteiger partial charge is 0.276 e. The van der Waals surface area contributed by atoms with Gasteiger partial charge in [-0.1, -0.05) is 36.4 Å². The molecule has 0 radical (unpaired) electrons. The van der Waals surface area contributed by atoms with Crippen LogP contribution in [-0.2, 0) is 6.18 Å². The van der Waals surface area contributed by atoms with Crippen LogP contribution in [0.3, 0.4) is 0 Å². The first-order chi connectivity index (χ1) is 14.7. The van der Waals surface area contributed by atoms with E-state index >= 15 is 0 Å². The van der Waals surface area contributed by atoms with Crippen LogP contribution < -0.4 is 4.90 Å². The highest BCUT2D eigenvalue weighted by atomic mass is 19.4. The first-order valence-electron chi connectivity index (χ1n) is 9.90. The van der Waals surface area contributed by atoms with Crippen LogP contribution >= 0.6 is 0 Å². The summed E-state index contributed by atoms with van der Waals surface area (Å²) < 4.78 is 38.9. The molecule has 31 heavy (non-hydrogen) atoms. The first-order valence-corrected chi connectivity index (χ1v) is 9.90. The largest absolute Gasteiger partial charge is 0.416 e. The summed E-state index contributed by atoms with van der Waals surface area (Å²) >= 11 is 0. The Hall–Kier alpha value is -3.60. The molecule has 1 aliphatic heterocycles. The maximum atomic E-state index is 13.3. The molecule has 0 unspecified atom stereocenters. The summed E-state index contributed by atoms with van der Waals surface area (Å²) in [6.45, 7) is 3.99. The number of aryl methyl sites for hydroxylation is 2. The monoisotopic (exact) mass is 417 g/mol. The van der Waals surface area contributed by atoms with E-state index in [0.717, 1.165) is 51.0 Å². The van der Waals surface area contributed by atoms with Crippen LogP contribution in [0.25, 0.3) is 21.9 Å². The van der Waals surface area contributed by atoms with Crippen molar-refractivity contribution in [3.63, 3.8) is 0 Å². The van der Waals surface area contributed by atoms with Gasteiger partial charge in [-0.15, -0.1) is 0 Å². The molecule has 0 N–H and O–H groups in total. The standard InChI is InChI=1S/C26H18F3NO/c1-15-12-16(2)14-19(13-15)30-23-11-10-20(17-6-8-18(9-7-17)26(27,28)29)21-4-3-5-22(24(21)23)25(30)31/h3-14H,1-2H3. The Labute approximate surface area is 177 Å². The normalized spacial score (nSPS) is 13.3. The number of nitrogens with zero attached hydrogens (tertiary/aromatic N) is 1. The highest BCUT2D eigenvalue weighted by molar-refractivity contribution is 6.29. The van der Waals surface area contributed by atoms with E-state index in [2.05, 4.69) is 6.07 Å². The van der Waals surface area contributed by atoms with E-state index in [4.69, 9.17) is 0 Å². The molecule has 4 aromatic rings. The lowest BCUT2D eigenvalue weighted by Crippen LogP contribution is -2.21. The molecule has 0 bridgehead atoms. The average Bonchev–Trinajstić information content (AvgIpc) is 3.01. The fourth-order valence-electron chi connectivity index (χ4n) is 4.41. The van der Waals surface area contributed by atoms with E-state index in [0.29, 0.717) is 11.1 Å². The summed E-state index contributed by atoms with van der Waals surface area (Å²) in [5.74, 6) is -0.102. The van der Waals surface area contributed by atoms with E-state index in [1.807, 2.05) is 50.2 Å². The Kier molecular flexibility index (Phi) is 4.19. The van der Waals surface area contributed by atoms with E-state index in [9.17, 15) is 18.0 Å². The Morgan fingerprint density at radius 2 is 1.45 bits per heavy atom. The second kappa shape index (κ2) is 6.71. The topological polar surface area (TPSA) is 20.3 Å². The number of hydrogen-bond donors (Lipinski definition) is 0. The number of hydrogen-bond acceptors (Lipinski definition) is 1. The number of alkyl halides is 3. The second-order valence-corrected chi connectivity index (χ2v) is 7.92. The molecular formula is C26H18F3NO. The molecule has 0 atom stereocenters. The zero-order valence-corrected chi connectivity index (χ0v) is 16.9. The summed E-state index contributed by atoms with van der Waals surface area (Å²) in [4.78, 5) is 15.0. The summed E-state index contributed by atoms with van der Waals surface area (Å²) in [5, 5.41) is 1.67. The molecule has 2 nitrogen and oxygen atoms in total. The van der Waals surface area contributed by atoms with Crippen LogP contribution in [0.15, 0.2) is 72.8 Å². The quantitative estimate of drug-likeness (QED) is 0.332. The van der Waals surface area contributed by atoms with Crippen molar-refractivity contribution in [3.8, 4) is 11.1 Å². The number of carbonyl (C=O) groups is 1. The summed E-state index contributed by atoms with van der Waals surface area (Å²) in [7, 11) is 0. The van der Waals surface area contributed by atoms with Gasteiger partial charge in [0.15, 0.2) is 0 Å². The van der Waals surface area contributed by atoms with Gasteiger partial charge in [0.2, 0.25) is 0 Å². The van der Waals surface area contributed by atoms with Gasteiger partial charge < -0.3 is 0 Å². The van der Waals surface area contributed by atoms with Crippen LogP contribution in [0.5, 0.6) is 0 Å². The van der Waals surface area contributed by atoms with Crippen molar-refractivity contribution in [3.05, 3.63) is 95.1 Å². The number of rotatable bonds is 2. The van der Waals surface area contributed by atoms with Gasteiger partial charge in [0.25, 0.3) is 5.91 Å². The number of benzene rings is 4. The molecule has 0 aliphatic carbocycles. The van der Waals surface area contributed by atoms with Crippen LogP contribution in [-0.4, -0.2) is 5.91 Å². The minimum atomic E-state index is -4.38. The van der Waals surface area contributed by atoms with Crippen molar-refractivity contribution in [2.24, 2.45) is 0 Å². The van der Waals surface area contributed by atoms with E-state index in [1.54, 1.807) is 11.0 Å². The molecule has 154 valence electrons. The van der Waals surface area contributed by atoms with Crippen molar-refractivity contribution >= 4 is 28.1 Å². The zero-order valence-electron chi connectivity index (χ0n) is 16.9. The summed E-state index contributed by atoms with van der Waals surface area (Å²) in [6, 6.07) is 20.4. The second-order valence-electron chi connectivity index (χ2n) is 7.92. The SMILES string of the molecule is Cc1cc(C)cc(N2C(=O)c3cccc4c(-c5ccc(C(F)(F)F)cc5)ccc2c34)c1. The van der Waals surface area contributed by atoms with Gasteiger partial charge in [-0.3, -0.25) is 9.69 Å². The third kappa shape index (κ3) is 3.08. The Bertz CT molecular complexity index is 1330. The molecule has 0 aromatic heterocycles. The first kappa shape index (κ1) is 19.4. The van der Waals surface area contributed by atoms with Crippen LogP contribution in [0, 0.1) is 13.8 Å². The fraction of sp³-hybridized carbons (Fsp3) is 0.115. The van der Waals surface area contributed by atoms with Crippen molar-refractivity contribution in [2.75, 3.05) is 4.90 Å². The van der Waals surface area contributed by atoms with E-state index in [1.165, 1.54) is 12.1 Å². The molecule has 1 heterocycles. The average molecular weight is 417 g/mol. The van der Waals surface area contributed by atoms with Gasteiger partial charge in [0, 0.05) is 11.1 Å². The maximum absolute atomic E-state index is 13.3. The third-order valence-electron chi connectivity index (χ3n) is 5.68. The van der Waals surface area contributed by atoms with Crippen molar-refractivity contribution in [1.29, 1.82) is 0 Å². The Morgan fingerprint density at radius 3 is 2.10 bits per heavy atom. The minimum Gasteiger partial charge on any atom is -0.276 e. The lowest BCUT2D eigenvalue weighted by Gasteiger charge is -2.19. The molecule has 1 amide bonds. The third-order valence-corrected chi connectivity index (χ3v) is 5.68. The van der Waals surface area contributed by atoms with Gasteiger partial charge in [0.05, 0.1) is 16.8 Å². The molecule has 1 aliphatic rings. The molecule has 5 rings (SSSR count). The number of anilines is 2. The number of halogens is 3. The van der Waals surface area contributed by atoms with E-state index in [-0.39, 0.29) is 5.91 Å². The van der Waals surface area contributed by atoms with Crippen LogP contribution in [0.4, 0.5) is 24.5 Å². The molecule has 4 aromatic carbocycles. The molecule has 0 saturated carbocycles. The van der Waals surface area contributed by atoms with Crippen LogP contribution in [0.2, 0.25) is 0 Å². The number of carbonyl (C=O) groups excluding carboxylic acids is 1. The highest BCUT2D eigenvalue weighted by Gasteiger charge is 2.32. The predicted octanol–water partition coefficient (Wildman–Crippen LogP) is 7.43. The minimum absolute atomic E-state index is 0.102. The fourth-order valence-corrected chi connectivity index (χ4v) is 4.41. The van der Waals surface area contributed by atoms with Gasteiger partial charge in [0.1, 0.15) is 0 Å². The zero-order chi connectivity index (χ0) is 21.9. The van der Waals surface area contributed by atoms with E-state index < -0.39 is 11.7 Å². The van der Waals surface area contributed by atoms with Crippen molar-refractivity contribution < 1.29 is 18.0 Å². The summed E-state index contributed by atoms with van der Waals surface area (Å²) in [5.41, 5.74) is 5.11. The maximum Gasteiger partial charge on any atom is 0.416 e. The Balaban J connectivity index is 1.69. The molecule has 5 heteroatoms. The predicted molar refractivity (Wildman–Crippen MR) is 117 cm³/mol. The molecule has 0 saturated heterocycles.